The quantitative estimate of drug-likeness (QED) is 0.478. The molecule has 0 unspecified atom stereocenters. The minimum absolute atomic E-state index is 0.164. The Labute approximate surface area is 117 Å². The van der Waals surface area contributed by atoms with Crippen LogP contribution in [-0.2, 0) is 14.3 Å². The largest absolute Gasteiger partial charge is 0.444 e. The summed E-state index contributed by atoms with van der Waals surface area (Å²) in [6.45, 7) is 6.55. The average Bonchev–Trinajstić information content (AvgIpc) is 2.19. The van der Waals surface area contributed by atoms with Crippen molar-refractivity contribution < 1.29 is 19.1 Å². The zero-order valence-corrected chi connectivity index (χ0v) is 12.4. The topological polar surface area (TPSA) is 111 Å². The standard InChI is InChI=1S/C11H21N3O4S/c1-7(15)13-6-19-5-8(9(12)16)14-10(17)18-11(2,3)4/h8H,5-6H2,1-4H3,(H2,12,16)(H,13,15)(H,14,17)/t8-/m0/s1. The fourth-order valence-corrected chi connectivity index (χ4v) is 1.88. The highest BCUT2D eigenvalue weighted by atomic mass is 32.2. The molecular formula is C11H21N3O4S. The molecule has 0 aromatic carbocycles. The van der Waals surface area contributed by atoms with Gasteiger partial charge in [0.05, 0.1) is 5.88 Å². The molecule has 0 aliphatic carbocycles. The van der Waals surface area contributed by atoms with Gasteiger partial charge in [0, 0.05) is 12.7 Å². The highest BCUT2D eigenvalue weighted by Crippen LogP contribution is 2.07. The molecule has 7 nitrogen and oxygen atoms in total. The molecule has 0 aliphatic heterocycles. The summed E-state index contributed by atoms with van der Waals surface area (Å²) in [5.74, 6) is -0.214. The van der Waals surface area contributed by atoms with Gasteiger partial charge in [-0.05, 0) is 20.8 Å². The molecular weight excluding hydrogens is 270 g/mol. The maximum Gasteiger partial charge on any atom is 0.408 e. The summed E-state index contributed by atoms with van der Waals surface area (Å²) in [6, 6.07) is -0.839. The van der Waals surface area contributed by atoms with E-state index in [0.717, 1.165) is 0 Å². The molecule has 3 amide bonds. The van der Waals surface area contributed by atoms with E-state index in [1.165, 1.54) is 18.7 Å². The number of nitrogens with one attached hydrogen (secondary N) is 2. The number of amides is 3. The SMILES string of the molecule is CC(=O)NCSC[C@H](NC(=O)OC(C)(C)C)C(N)=O. The van der Waals surface area contributed by atoms with Crippen molar-refractivity contribution in [2.75, 3.05) is 11.6 Å². The lowest BCUT2D eigenvalue weighted by Crippen LogP contribution is -2.48. The fourth-order valence-electron chi connectivity index (χ4n) is 0.974. The molecule has 0 rings (SSSR count). The highest BCUT2D eigenvalue weighted by Gasteiger charge is 2.22. The van der Waals surface area contributed by atoms with Crippen molar-refractivity contribution in [1.29, 1.82) is 0 Å². The lowest BCUT2D eigenvalue weighted by molar-refractivity contribution is -0.119. The van der Waals surface area contributed by atoms with Crippen molar-refractivity contribution in [3.05, 3.63) is 0 Å². The third-order valence-corrected chi connectivity index (χ3v) is 2.66. The lowest BCUT2D eigenvalue weighted by atomic mass is 10.2. The van der Waals surface area contributed by atoms with E-state index in [1.807, 2.05) is 0 Å². The van der Waals surface area contributed by atoms with Crippen LogP contribution in [0.3, 0.4) is 0 Å². The van der Waals surface area contributed by atoms with Gasteiger partial charge in [0.15, 0.2) is 0 Å². The van der Waals surface area contributed by atoms with Gasteiger partial charge >= 0.3 is 6.09 Å². The zero-order valence-electron chi connectivity index (χ0n) is 11.6. The fraction of sp³-hybridized carbons (Fsp3) is 0.727. The minimum Gasteiger partial charge on any atom is -0.444 e. The van der Waals surface area contributed by atoms with Crippen LogP contribution in [0.1, 0.15) is 27.7 Å². The third kappa shape index (κ3) is 10.2. The molecule has 4 N–H and O–H groups in total. The number of nitrogens with two attached hydrogens (primary N) is 1. The van der Waals surface area contributed by atoms with Crippen molar-refractivity contribution in [3.8, 4) is 0 Å². The van der Waals surface area contributed by atoms with Gasteiger partial charge in [-0.3, -0.25) is 9.59 Å². The summed E-state index contributed by atoms with van der Waals surface area (Å²) >= 11 is 1.27. The second-order valence-electron chi connectivity index (χ2n) is 4.85. The van der Waals surface area contributed by atoms with Crippen molar-refractivity contribution >= 4 is 29.7 Å². The lowest BCUT2D eigenvalue weighted by Gasteiger charge is -2.22. The first kappa shape index (κ1) is 17.6. The molecule has 0 radical (unpaired) electrons. The van der Waals surface area contributed by atoms with Gasteiger partial charge in [0.2, 0.25) is 11.8 Å². The number of hydrogen-bond acceptors (Lipinski definition) is 5. The number of thioether (sulfide) groups is 1. The number of carbonyl (C=O) groups is 3. The summed E-state index contributed by atoms with van der Waals surface area (Å²) in [5.41, 5.74) is 4.54. The van der Waals surface area contributed by atoms with Gasteiger partial charge < -0.3 is 21.1 Å². The third-order valence-electron chi connectivity index (χ3n) is 1.74. The van der Waals surface area contributed by atoms with Gasteiger partial charge in [0.1, 0.15) is 11.6 Å². The Morgan fingerprint density at radius 1 is 1.32 bits per heavy atom. The van der Waals surface area contributed by atoms with Gasteiger partial charge in [-0.1, -0.05) is 0 Å². The molecule has 0 spiro atoms. The number of hydrogen-bond donors (Lipinski definition) is 3. The monoisotopic (exact) mass is 291 g/mol. The molecule has 0 aromatic heterocycles. The number of primary amides is 1. The first-order valence-electron chi connectivity index (χ1n) is 5.73. The Hall–Kier alpha value is -1.44. The van der Waals surface area contributed by atoms with E-state index in [4.69, 9.17) is 10.5 Å². The Morgan fingerprint density at radius 2 is 1.89 bits per heavy atom. The predicted molar refractivity (Wildman–Crippen MR) is 73.5 cm³/mol. The molecule has 0 saturated heterocycles. The van der Waals surface area contributed by atoms with Gasteiger partial charge in [0.25, 0.3) is 0 Å². The summed E-state index contributed by atoms with van der Waals surface area (Å²) in [6.07, 6.45) is -0.698. The average molecular weight is 291 g/mol. The zero-order chi connectivity index (χ0) is 15.1. The van der Waals surface area contributed by atoms with Crippen LogP contribution in [0.4, 0.5) is 4.79 Å². The maximum absolute atomic E-state index is 11.5. The Kier molecular flexibility index (Phi) is 7.28. The van der Waals surface area contributed by atoms with Gasteiger partial charge in [-0.2, -0.15) is 0 Å². The summed E-state index contributed by atoms with van der Waals surface area (Å²) in [7, 11) is 0. The molecule has 8 heteroatoms. The van der Waals surface area contributed by atoms with Crippen molar-refractivity contribution in [2.45, 2.75) is 39.3 Å². The Morgan fingerprint density at radius 3 is 2.32 bits per heavy atom. The van der Waals surface area contributed by atoms with Crippen LogP contribution in [0.25, 0.3) is 0 Å². The summed E-state index contributed by atoms with van der Waals surface area (Å²) in [5, 5.41) is 4.95. The second-order valence-corrected chi connectivity index (χ2v) is 5.88. The van der Waals surface area contributed by atoms with Crippen LogP contribution in [0.15, 0.2) is 0 Å². The molecule has 0 heterocycles. The molecule has 19 heavy (non-hydrogen) atoms. The number of ether oxygens (including phenoxy) is 1. The second kappa shape index (κ2) is 7.88. The van der Waals surface area contributed by atoms with E-state index in [1.54, 1.807) is 20.8 Å². The van der Waals surface area contributed by atoms with Crippen molar-refractivity contribution in [3.63, 3.8) is 0 Å². The predicted octanol–water partition coefficient (Wildman–Crippen LogP) is 0.192. The van der Waals surface area contributed by atoms with Crippen LogP contribution >= 0.6 is 11.8 Å². The van der Waals surface area contributed by atoms with Crippen molar-refractivity contribution in [2.24, 2.45) is 5.73 Å². The minimum atomic E-state index is -0.839. The molecule has 0 fully saturated rings. The molecule has 1 atom stereocenters. The van der Waals surface area contributed by atoms with E-state index in [9.17, 15) is 14.4 Å². The van der Waals surface area contributed by atoms with Gasteiger partial charge in [-0.25, -0.2) is 4.79 Å². The van der Waals surface area contributed by atoms with E-state index in [2.05, 4.69) is 10.6 Å². The van der Waals surface area contributed by atoms with Crippen LogP contribution in [0.5, 0.6) is 0 Å². The number of carbonyl (C=O) groups excluding carboxylic acids is 3. The van der Waals surface area contributed by atoms with E-state index in [0.29, 0.717) is 5.88 Å². The molecule has 0 aliphatic rings. The van der Waals surface area contributed by atoms with E-state index in [-0.39, 0.29) is 11.7 Å². The van der Waals surface area contributed by atoms with Crippen LogP contribution in [0.2, 0.25) is 0 Å². The summed E-state index contributed by atoms with van der Waals surface area (Å²) < 4.78 is 5.03. The molecule has 110 valence electrons. The molecule has 0 saturated carbocycles. The first-order chi connectivity index (χ1) is 8.61. The number of alkyl carbamates (subject to hydrolysis) is 1. The highest BCUT2D eigenvalue weighted by molar-refractivity contribution is 7.99. The Balaban J connectivity index is 4.16. The van der Waals surface area contributed by atoms with Crippen molar-refractivity contribution in [1.82, 2.24) is 10.6 Å². The van der Waals surface area contributed by atoms with E-state index < -0.39 is 23.6 Å². The Bertz CT molecular complexity index is 341. The summed E-state index contributed by atoms with van der Waals surface area (Å²) in [4.78, 5) is 33.3. The number of rotatable bonds is 6. The van der Waals surface area contributed by atoms with Crippen LogP contribution in [0, 0.1) is 0 Å². The van der Waals surface area contributed by atoms with E-state index >= 15 is 0 Å². The van der Waals surface area contributed by atoms with Gasteiger partial charge in [-0.15, -0.1) is 11.8 Å². The molecule has 0 bridgehead atoms. The maximum atomic E-state index is 11.5. The van der Waals surface area contributed by atoms with Crippen LogP contribution in [-0.4, -0.2) is 41.2 Å². The first-order valence-corrected chi connectivity index (χ1v) is 6.88. The normalized spacial score (nSPS) is 12.4. The molecule has 0 aromatic rings. The smallest absolute Gasteiger partial charge is 0.408 e. The van der Waals surface area contributed by atoms with Crippen LogP contribution < -0.4 is 16.4 Å².